The van der Waals surface area contributed by atoms with Gasteiger partial charge in [0.1, 0.15) is 0 Å². The fourth-order valence-electron chi connectivity index (χ4n) is 11.5. The average Bonchev–Trinajstić information content (AvgIpc) is 3.37. The highest BCUT2D eigenvalue weighted by molar-refractivity contribution is 5.66. The van der Waals surface area contributed by atoms with E-state index in [4.69, 9.17) is 5.11 Å². The van der Waals surface area contributed by atoms with Crippen LogP contribution in [0.25, 0.3) is 0 Å². The number of carboxylic acid groups (broad SMARTS) is 1. The lowest BCUT2D eigenvalue weighted by Crippen LogP contribution is -2.60. The van der Waals surface area contributed by atoms with Gasteiger partial charge in [0.05, 0.1) is 6.10 Å². The Labute approximate surface area is 257 Å². The first kappa shape index (κ1) is 32.1. The summed E-state index contributed by atoms with van der Waals surface area (Å²) in [6, 6.07) is 9.51. The van der Waals surface area contributed by atoms with Crippen LogP contribution in [0, 0.1) is 45.8 Å². The maximum absolute atomic E-state index is 11.4. The van der Waals surface area contributed by atoms with Crippen LogP contribution in [0.3, 0.4) is 0 Å². The number of carboxylic acids is 1. The molecular weight excluding hydrogens is 516 g/mol. The second kappa shape index (κ2) is 13.3. The van der Waals surface area contributed by atoms with E-state index in [1.165, 1.54) is 82.6 Å². The lowest BCUT2D eigenvalue weighted by atomic mass is 9.40. The molecular formula is C39H62O3. The van der Waals surface area contributed by atoms with E-state index in [9.17, 15) is 9.90 Å². The van der Waals surface area contributed by atoms with Crippen LogP contribution in [0.2, 0.25) is 0 Å². The van der Waals surface area contributed by atoms with Gasteiger partial charge in [0.2, 0.25) is 0 Å². The van der Waals surface area contributed by atoms with Crippen LogP contribution >= 0.6 is 0 Å². The standard InChI is InChI=1S/C39H62O3/c1-28(2)12-10-22-38(4)34-19-18-31-32(37(34,3)24-21-35(38)40)20-25-39(23-11-16-33(31)39)27-30-15-9-14-29(26-30)13-7-5-6-8-17-36(41)42/h9,14-15,26,28,31-35,40H,5-8,10-13,16-25,27H2,1-4H3,(H,41,42). The van der Waals surface area contributed by atoms with E-state index < -0.39 is 5.97 Å². The third kappa shape index (κ3) is 6.52. The number of benzene rings is 1. The van der Waals surface area contributed by atoms with Crippen molar-refractivity contribution in [1.29, 1.82) is 0 Å². The molecule has 0 amide bonds. The topological polar surface area (TPSA) is 57.5 Å². The highest BCUT2D eigenvalue weighted by atomic mass is 16.4. The zero-order valence-corrected chi connectivity index (χ0v) is 27.5. The first-order valence-electron chi connectivity index (χ1n) is 18.0. The summed E-state index contributed by atoms with van der Waals surface area (Å²) in [6.45, 7) is 9.84. The van der Waals surface area contributed by atoms with Gasteiger partial charge in [0, 0.05) is 6.42 Å². The maximum Gasteiger partial charge on any atom is 0.303 e. The van der Waals surface area contributed by atoms with E-state index in [-0.39, 0.29) is 11.5 Å². The molecule has 0 radical (unpaired) electrons. The molecule has 42 heavy (non-hydrogen) atoms. The first-order chi connectivity index (χ1) is 20.1. The van der Waals surface area contributed by atoms with E-state index >= 15 is 0 Å². The van der Waals surface area contributed by atoms with Crippen LogP contribution in [-0.4, -0.2) is 22.3 Å². The van der Waals surface area contributed by atoms with Crippen LogP contribution in [0.15, 0.2) is 24.3 Å². The molecule has 0 heterocycles. The van der Waals surface area contributed by atoms with Crippen LogP contribution in [0.1, 0.15) is 148 Å². The van der Waals surface area contributed by atoms with Crippen molar-refractivity contribution < 1.29 is 15.0 Å². The smallest absolute Gasteiger partial charge is 0.303 e. The summed E-state index contributed by atoms with van der Waals surface area (Å²) in [5.41, 5.74) is 4.01. The lowest BCUT2D eigenvalue weighted by Gasteiger charge is -2.65. The Morgan fingerprint density at radius 3 is 2.48 bits per heavy atom. The number of carbonyl (C=O) groups is 1. The summed E-state index contributed by atoms with van der Waals surface area (Å²) in [4.78, 5) is 10.8. The molecule has 0 spiro atoms. The van der Waals surface area contributed by atoms with Gasteiger partial charge in [0.25, 0.3) is 0 Å². The van der Waals surface area contributed by atoms with Crippen molar-refractivity contribution >= 4 is 5.97 Å². The number of aliphatic carboxylic acids is 1. The van der Waals surface area contributed by atoms with Crippen LogP contribution < -0.4 is 0 Å². The fraction of sp³-hybridized carbons (Fsp3) is 0.821. The Morgan fingerprint density at radius 1 is 0.905 bits per heavy atom. The van der Waals surface area contributed by atoms with Gasteiger partial charge in [-0.2, -0.15) is 0 Å². The molecule has 3 heteroatoms. The Morgan fingerprint density at radius 2 is 1.69 bits per heavy atom. The van der Waals surface area contributed by atoms with Gasteiger partial charge in [-0.05, 0) is 140 Å². The Kier molecular flexibility index (Phi) is 10.2. The molecule has 1 aromatic carbocycles. The van der Waals surface area contributed by atoms with Gasteiger partial charge in [-0.1, -0.05) is 84.1 Å². The number of aryl methyl sites for hydroxylation is 1. The number of fused-ring (bicyclic) bond motifs is 5. The monoisotopic (exact) mass is 578 g/mol. The minimum atomic E-state index is -0.670. The van der Waals surface area contributed by atoms with Gasteiger partial charge in [-0.15, -0.1) is 0 Å². The van der Waals surface area contributed by atoms with Gasteiger partial charge >= 0.3 is 5.97 Å². The zero-order chi connectivity index (χ0) is 30.0. The van der Waals surface area contributed by atoms with E-state index in [1.54, 1.807) is 5.56 Å². The van der Waals surface area contributed by atoms with Crippen molar-refractivity contribution in [2.75, 3.05) is 0 Å². The number of hydrogen-bond donors (Lipinski definition) is 2. The third-order valence-corrected chi connectivity index (χ3v) is 13.6. The molecule has 0 aliphatic heterocycles. The minimum absolute atomic E-state index is 0.0910. The van der Waals surface area contributed by atoms with Gasteiger partial charge in [-0.3, -0.25) is 4.79 Å². The highest BCUT2D eigenvalue weighted by Gasteiger charge is 2.63. The van der Waals surface area contributed by atoms with Crippen molar-refractivity contribution in [2.24, 2.45) is 45.8 Å². The van der Waals surface area contributed by atoms with Crippen molar-refractivity contribution in [3.63, 3.8) is 0 Å². The Balaban J connectivity index is 1.25. The molecule has 0 bridgehead atoms. The molecule has 4 aliphatic carbocycles. The van der Waals surface area contributed by atoms with Gasteiger partial charge in [0.15, 0.2) is 0 Å². The molecule has 8 atom stereocenters. The molecule has 5 rings (SSSR count). The summed E-state index contributed by atoms with van der Waals surface area (Å²) in [7, 11) is 0. The summed E-state index contributed by atoms with van der Waals surface area (Å²) in [5.74, 6) is 3.37. The van der Waals surface area contributed by atoms with Gasteiger partial charge < -0.3 is 10.2 Å². The minimum Gasteiger partial charge on any atom is -0.481 e. The van der Waals surface area contributed by atoms with Crippen LogP contribution in [0.5, 0.6) is 0 Å². The van der Waals surface area contributed by atoms with Gasteiger partial charge in [-0.25, -0.2) is 0 Å². The van der Waals surface area contributed by atoms with E-state index in [0.717, 1.165) is 62.2 Å². The first-order valence-corrected chi connectivity index (χ1v) is 18.0. The second-order valence-corrected chi connectivity index (χ2v) is 16.5. The molecule has 0 saturated heterocycles. The average molecular weight is 579 g/mol. The summed E-state index contributed by atoms with van der Waals surface area (Å²) >= 11 is 0. The van der Waals surface area contributed by atoms with Crippen molar-refractivity contribution in [3.8, 4) is 0 Å². The molecule has 236 valence electrons. The van der Waals surface area contributed by atoms with Crippen LogP contribution in [0.4, 0.5) is 0 Å². The quantitative estimate of drug-likeness (QED) is 0.229. The number of rotatable bonds is 13. The van der Waals surface area contributed by atoms with Crippen LogP contribution in [-0.2, 0) is 17.6 Å². The van der Waals surface area contributed by atoms with Crippen molar-refractivity contribution in [3.05, 3.63) is 35.4 Å². The van der Waals surface area contributed by atoms with Crippen molar-refractivity contribution in [1.82, 2.24) is 0 Å². The molecule has 3 nitrogen and oxygen atoms in total. The number of hydrogen-bond acceptors (Lipinski definition) is 2. The molecule has 1 aromatic rings. The molecule has 0 aromatic heterocycles. The van der Waals surface area contributed by atoms with E-state index in [2.05, 4.69) is 52.0 Å². The summed E-state index contributed by atoms with van der Waals surface area (Å²) < 4.78 is 0. The fourth-order valence-corrected chi connectivity index (χ4v) is 11.5. The Bertz CT molecular complexity index is 1050. The molecule has 4 saturated carbocycles. The number of aliphatic hydroxyl groups excluding tert-OH is 1. The SMILES string of the molecule is CC(C)CCCC1(C)C(O)CCC2(C)C3CCC4(Cc5cccc(CCCCCCC(=O)O)c5)CCCC4C3CCC12. The van der Waals surface area contributed by atoms with E-state index in [0.29, 0.717) is 23.2 Å². The normalized spacial score (nSPS) is 37.7. The predicted octanol–water partition coefficient (Wildman–Crippen LogP) is 10.0. The summed E-state index contributed by atoms with van der Waals surface area (Å²) in [5, 5.41) is 20.3. The van der Waals surface area contributed by atoms with E-state index in [1.807, 2.05) is 0 Å². The highest BCUT2D eigenvalue weighted by Crippen LogP contribution is 2.69. The number of unbranched alkanes of at least 4 members (excludes halogenated alkanes) is 3. The summed E-state index contributed by atoms with van der Waals surface area (Å²) in [6.07, 6.45) is 22.5. The maximum atomic E-state index is 11.4. The zero-order valence-electron chi connectivity index (χ0n) is 27.5. The lowest BCUT2D eigenvalue weighted by molar-refractivity contribution is -0.185. The molecule has 4 aliphatic rings. The Hall–Kier alpha value is -1.35. The van der Waals surface area contributed by atoms with Crippen molar-refractivity contribution in [2.45, 2.75) is 156 Å². The molecule has 4 fully saturated rings. The molecule has 8 unspecified atom stereocenters. The molecule has 2 N–H and O–H groups in total. The second-order valence-electron chi connectivity index (χ2n) is 16.5. The largest absolute Gasteiger partial charge is 0.481 e. The predicted molar refractivity (Wildman–Crippen MR) is 173 cm³/mol. The third-order valence-electron chi connectivity index (χ3n) is 13.6. The number of aliphatic hydroxyl groups is 1.